The first kappa shape index (κ1) is 14.7. The summed E-state index contributed by atoms with van der Waals surface area (Å²) in [5, 5.41) is 11.6. The largest absolute Gasteiger partial charge is 0.396 e. The van der Waals surface area contributed by atoms with Gasteiger partial charge < -0.3 is 10.4 Å². The van der Waals surface area contributed by atoms with Crippen LogP contribution in [0.15, 0.2) is 24.3 Å². The van der Waals surface area contributed by atoms with Crippen LogP contribution in [-0.2, 0) is 4.79 Å². The third kappa shape index (κ3) is 4.47. The zero-order chi connectivity index (χ0) is 13.5. The van der Waals surface area contributed by atoms with E-state index in [2.05, 4.69) is 5.32 Å². The van der Waals surface area contributed by atoms with E-state index in [0.29, 0.717) is 6.54 Å². The number of carbonyl (C=O) groups excluding carboxylic acids is 1. The molecule has 1 rings (SSSR count). The van der Waals surface area contributed by atoms with E-state index >= 15 is 0 Å². The first-order valence-electron chi connectivity index (χ1n) is 5.55. The summed E-state index contributed by atoms with van der Waals surface area (Å²) in [5.74, 6) is -0.843. The fraction of sp³-hybridized carbons (Fsp3) is 0.308. The van der Waals surface area contributed by atoms with Gasteiger partial charge >= 0.3 is 0 Å². The lowest BCUT2D eigenvalue weighted by Crippen LogP contribution is -2.27. The van der Waals surface area contributed by atoms with Crippen LogP contribution in [0.25, 0.3) is 6.08 Å². The van der Waals surface area contributed by atoms with Gasteiger partial charge in [0.2, 0.25) is 5.91 Å². The maximum atomic E-state index is 13.4. The Morgan fingerprint density at radius 1 is 1.61 bits per heavy atom. The molecule has 98 valence electrons. The van der Waals surface area contributed by atoms with Crippen molar-refractivity contribution >= 4 is 23.6 Å². The lowest BCUT2D eigenvalue weighted by atomic mass is 10.2. The van der Waals surface area contributed by atoms with E-state index in [1.54, 1.807) is 13.0 Å². The molecule has 0 aliphatic heterocycles. The third-order valence-electron chi connectivity index (χ3n) is 2.34. The molecule has 0 fully saturated rings. The average molecular weight is 272 g/mol. The van der Waals surface area contributed by atoms with Gasteiger partial charge in [-0.3, -0.25) is 4.79 Å². The minimum atomic E-state index is -0.477. The summed E-state index contributed by atoms with van der Waals surface area (Å²) in [4.78, 5) is 11.4. The molecule has 1 aromatic rings. The molecule has 0 aromatic heterocycles. The summed E-state index contributed by atoms with van der Waals surface area (Å²) < 4.78 is 13.4. The Morgan fingerprint density at radius 2 is 2.33 bits per heavy atom. The quantitative estimate of drug-likeness (QED) is 0.807. The number of benzene rings is 1. The second kappa shape index (κ2) is 7.13. The Balaban J connectivity index is 2.61. The summed E-state index contributed by atoms with van der Waals surface area (Å²) in [6.07, 6.45) is 2.55. The van der Waals surface area contributed by atoms with Gasteiger partial charge in [-0.15, -0.1) is 0 Å². The molecule has 0 saturated heterocycles. The molecule has 2 N–H and O–H groups in total. The normalized spacial score (nSPS) is 12.7. The molecule has 0 radical (unpaired) electrons. The number of nitrogens with one attached hydrogen (secondary N) is 1. The predicted molar refractivity (Wildman–Crippen MR) is 69.7 cm³/mol. The maximum absolute atomic E-state index is 13.4. The maximum Gasteiger partial charge on any atom is 0.244 e. The van der Waals surface area contributed by atoms with Gasteiger partial charge in [-0.1, -0.05) is 24.6 Å². The van der Waals surface area contributed by atoms with Crippen molar-refractivity contribution < 1.29 is 14.3 Å². The zero-order valence-corrected chi connectivity index (χ0v) is 10.7. The Morgan fingerprint density at radius 3 is 2.94 bits per heavy atom. The second-order valence-corrected chi connectivity index (χ2v) is 4.41. The Bertz CT molecular complexity index is 428. The molecule has 0 spiro atoms. The highest BCUT2D eigenvalue weighted by atomic mass is 35.5. The van der Waals surface area contributed by atoms with E-state index in [9.17, 15) is 9.18 Å². The molecule has 1 atom stereocenters. The van der Waals surface area contributed by atoms with Gasteiger partial charge in [0.1, 0.15) is 5.82 Å². The number of hydrogen-bond acceptors (Lipinski definition) is 2. The molecule has 0 aliphatic carbocycles. The van der Waals surface area contributed by atoms with E-state index in [1.807, 2.05) is 0 Å². The number of hydrogen-bond donors (Lipinski definition) is 2. The van der Waals surface area contributed by atoms with Crippen molar-refractivity contribution in [1.29, 1.82) is 0 Å². The highest BCUT2D eigenvalue weighted by Crippen LogP contribution is 2.20. The number of carbonyl (C=O) groups is 1. The van der Waals surface area contributed by atoms with Crippen LogP contribution in [0.2, 0.25) is 5.02 Å². The number of aliphatic hydroxyl groups excluding tert-OH is 1. The fourth-order valence-corrected chi connectivity index (χ4v) is 1.45. The Hall–Kier alpha value is -1.39. The Labute approximate surface area is 110 Å². The second-order valence-electron chi connectivity index (χ2n) is 4.00. The van der Waals surface area contributed by atoms with Crippen molar-refractivity contribution in [2.24, 2.45) is 5.92 Å². The number of amides is 1. The van der Waals surface area contributed by atoms with Crippen LogP contribution in [0.1, 0.15) is 12.5 Å². The fourth-order valence-electron chi connectivity index (χ4n) is 1.23. The van der Waals surface area contributed by atoms with Crippen molar-refractivity contribution in [1.82, 2.24) is 5.32 Å². The number of aliphatic hydroxyl groups is 1. The van der Waals surface area contributed by atoms with Crippen LogP contribution in [0.3, 0.4) is 0 Å². The first-order valence-corrected chi connectivity index (χ1v) is 5.93. The molecule has 0 aliphatic rings. The topological polar surface area (TPSA) is 49.3 Å². The van der Waals surface area contributed by atoms with Crippen LogP contribution in [-0.4, -0.2) is 24.2 Å². The molecule has 3 nitrogen and oxygen atoms in total. The summed E-state index contributed by atoms with van der Waals surface area (Å²) in [5.41, 5.74) is 0.185. The lowest BCUT2D eigenvalue weighted by molar-refractivity contribution is -0.116. The molecule has 0 saturated carbocycles. The summed E-state index contributed by atoms with van der Waals surface area (Å²) in [7, 11) is 0. The molecule has 5 heteroatoms. The first-order chi connectivity index (χ1) is 8.54. The zero-order valence-electron chi connectivity index (χ0n) is 9.99. The predicted octanol–water partition coefficient (Wildman–Crippen LogP) is 2.24. The molecule has 1 aromatic carbocycles. The SMILES string of the molecule is CC(CO)CNC(=O)C=Cc1c(F)cccc1Cl. The van der Waals surface area contributed by atoms with Gasteiger partial charge in [0.05, 0.1) is 5.02 Å². The molecular weight excluding hydrogens is 257 g/mol. The van der Waals surface area contributed by atoms with Gasteiger partial charge in [0.25, 0.3) is 0 Å². The highest BCUT2D eigenvalue weighted by molar-refractivity contribution is 6.32. The van der Waals surface area contributed by atoms with Crippen molar-refractivity contribution in [2.45, 2.75) is 6.92 Å². The standard InChI is InChI=1S/C13H15ClFNO2/c1-9(8-17)7-16-13(18)6-5-10-11(14)3-2-4-12(10)15/h2-6,9,17H,7-8H2,1H3,(H,16,18). The van der Waals surface area contributed by atoms with Gasteiger partial charge in [0, 0.05) is 24.8 Å². The van der Waals surface area contributed by atoms with Crippen LogP contribution in [0.5, 0.6) is 0 Å². The van der Waals surface area contributed by atoms with Gasteiger partial charge in [-0.25, -0.2) is 4.39 Å². The van der Waals surface area contributed by atoms with Gasteiger partial charge in [0.15, 0.2) is 0 Å². The molecule has 1 unspecified atom stereocenters. The highest BCUT2D eigenvalue weighted by Gasteiger charge is 2.05. The van der Waals surface area contributed by atoms with E-state index in [1.165, 1.54) is 24.3 Å². The van der Waals surface area contributed by atoms with Crippen LogP contribution in [0, 0.1) is 11.7 Å². The lowest BCUT2D eigenvalue weighted by Gasteiger charge is -2.07. The van der Waals surface area contributed by atoms with Crippen molar-refractivity contribution in [3.8, 4) is 0 Å². The third-order valence-corrected chi connectivity index (χ3v) is 2.67. The van der Waals surface area contributed by atoms with Crippen LogP contribution >= 0.6 is 11.6 Å². The summed E-state index contributed by atoms with van der Waals surface area (Å²) in [6.45, 7) is 2.17. The van der Waals surface area contributed by atoms with Crippen LogP contribution in [0.4, 0.5) is 4.39 Å². The molecule has 1 amide bonds. The Kier molecular flexibility index (Phi) is 5.82. The van der Waals surface area contributed by atoms with Crippen LogP contribution < -0.4 is 5.32 Å². The van der Waals surface area contributed by atoms with Crippen molar-refractivity contribution in [2.75, 3.05) is 13.2 Å². The molecule has 0 heterocycles. The van der Waals surface area contributed by atoms with E-state index < -0.39 is 5.82 Å². The minimum Gasteiger partial charge on any atom is -0.396 e. The number of halogens is 2. The molecule has 0 bridgehead atoms. The number of rotatable bonds is 5. The monoisotopic (exact) mass is 271 g/mol. The van der Waals surface area contributed by atoms with E-state index in [0.717, 1.165) is 0 Å². The molecule has 18 heavy (non-hydrogen) atoms. The smallest absolute Gasteiger partial charge is 0.244 e. The van der Waals surface area contributed by atoms with Gasteiger partial charge in [-0.05, 0) is 24.1 Å². The summed E-state index contributed by atoms with van der Waals surface area (Å²) >= 11 is 5.81. The van der Waals surface area contributed by atoms with Crippen molar-refractivity contribution in [3.63, 3.8) is 0 Å². The average Bonchev–Trinajstić information content (AvgIpc) is 2.35. The van der Waals surface area contributed by atoms with Gasteiger partial charge in [-0.2, -0.15) is 0 Å². The van der Waals surface area contributed by atoms with E-state index in [4.69, 9.17) is 16.7 Å². The van der Waals surface area contributed by atoms with E-state index in [-0.39, 0.29) is 29.0 Å². The minimum absolute atomic E-state index is 0.00311. The molecular formula is C13H15ClFNO2. The summed E-state index contributed by atoms with van der Waals surface area (Å²) in [6, 6.07) is 4.32. The van der Waals surface area contributed by atoms with Crippen molar-refractivity contribution in [3.05, 3.63) is 40.7 Å².